The fourth-order valence-corrected chi connectivity index (χ4v) is 4.83. The first-order chi connectivity index (χ1) is 13.2. The van der Waals surface area contributed by atoms with Gasteiger partial charge in [-0.25, -0.2) is 0 Å². The topological polar surface area (TPSA) is 49.9 Å². The molecule has 2 saturated heterocycles. The van der Waals surface area contributed by atoms with Crippen LogP contribution in [0.1, 0.15) is 51.4 Å². The summed E-state index contributed by atoms with van der Waals surface area (Å²) < 4.78 is 6.06. The van der Waals surface area contributed by atoms with E-state index in [0.29, 0.717) is 25.6 Å². The highest BCUT2D eigenvalue weighted by atomic mass is 16.5. The summed E-state index contributed by atoms with van der Waals surface area (Å²) in [4.78, 5) is 29.5. The van der Waals surface area contributed by atoms with Crippen LogP contribution in [0.2, 0.25) is 0 Å². The zero-order valence-electron chi connectivity index (χ0n) is 16.0. The highest BCUT2D eigenvalue weighted by Gasteiger charge is 2.40. The molecule has 1 aliphatic carbocycles. The van der Waals surface area contributed by atoms with Gasteiger partial charge in [0.1, 0.15) is 11.9 Å². The van der Waals surface area contributed by atoms with Gasteiger partial charge in [-0.15, -0.1) is 0 Å². The van der Waals surface area contributed by atoms with Crippen molar-refractivity contribution in [2.24, 2.45) is 5.92 Å². The van der Waals surface area contributed by atoms with Crippen LogP contribution in [0.3, 0.4) is 0 Å². The monoisotopic (exact) mass is 370 g/mol. The molecular formula is C22H30N2O3. The van der Waals surface area contributed by atoms with Crippen LogP contribution in [0.25, 0.3) is 0 Å². The number of carbonyl (C=O) groups is 2. The minimum absolute atomic E-state index is 0.0386. The first-order valence-electron chi connectivity index (χ1n) is 10.5. The molecule has 3 fully saturated rings. The zero-order chi connectivity index (χ0) is 18.6. The van der Waals surface area contributed by atoms with Crippen LogP contribution in [0, 0.1) is 5.92 Å². The second-order valence-electron chi connectivity index (χ2n) is 8.22. The van der Waals surface area contributed by atoms with E-state index in [2.05, 4.69) is 0 Å². The van der Waals surface area contributed by atoms with Gasteiger partial charge in [0.2, 0.25) is 11.8 Å². The van der Waals surface area contributed by atoms with Crippen molar-refractivity contribution in [3.05, 3.63) is 30.3 Å². The van der Waals surface area contributed by atoms with E-state index in [-0.39, 0.29) is 23.8 Å². The van der Waals surface area contributed by atoms with Gasteiger partial charge in [0.05, 0.1) is 12.5 Å². The molecule has 4 rings (SSSR count). The maximum absolute atomic E-state index is 13.1. The second-order valence-corrected chi connectivity index (χ2v) is 8.22. The lowest BCUT2D eigenvalue weighted by Gasteiger charge is -2.35. The first-order valence-corrected chi connectivity index (χ1v) is 10.5. The number of rotatable bonds is 4. The predicted octanol–water partition coefficient (Wildman–Crippen LogP) is 3.24. The number of carbonyl (C=O) groups excluding carboxylic acids is 2. The summed E-state index contributed by atoms with van der Waals surface area (Å²) in [6.45, 7) is 2.02. The average molecular weight is 370 g/mol. The van der Waals surface area contributed by atoms with E-state index in [1.165, 1.54) is 19.3 Å². The van der Waals surface area contributed by atoms with Crippen LogP contribution in [-0.2, 0) is 9.59 Å². The SMILES string of the molecule is O=C(C1CC(=O)N(C2CCCCC2)C1)N1CCCC(Oc2ccccc2)C1. The highest BCUT2D eigenvalue weighted by molar-refractivity contribution is 5.89. The molecule has 1 aromatic rings. The van der Waals surface area contributed by atoms with Crippen LogP contribution in [-0.4, -0.2) is 53.4 Å². The Morgan fingerprint density at radius 3 is 2.52 bits per heavy atom. The van der Waals surface area contributed by atoms with Crippen molar-refractivity contribution < 1.29 is 14.3 Å². The van der Waals surface area contributed by atoms with E-state index >= 15 is 0 Å². The van der Waals surface area contributed by atoms with E-state index in [1.807, 2.05) is 40.1 Å². The molecule has 2 atom stereocenters. The zero-order valence-corrected chi connectivity index (χ0v) is 16.0. The van der Waals surface area contributed by atoms with Crippen molar-refractivity contribution in [1.82, 2.24) is 9.80 Å². The Balaban J connectivity index is 1.34. The van der Waals surface area contributed by atoms with Crippen molar-refractivity contribution in [1.29, 1.82) is 0 Å². The molecule has 2 unspecified atom stereocenters. The smallest absolute Gasteiger partial charge is 0.228 e. The lowest BCUT2D eigenvalue weighted by atomic mass is 9.94. The maximum atomic E-state index is 13.1. The van der Waals surface area contributed by atoms with E-state index in [0.717, 1.165) is 38.0 Å². The molecule has 2 heterocycles. The molecule has 1 saturated carbocycles. The molecular weight excluding hydrogens is 340 g/mol. The Morgan fingerprint density at radius 1 is 0.963 bits per heavy atom. The molecule has 0 N–H and O–H groups in total. The van der Waals surface area contributed by atoms with Crippen molar-refractivity contribution in [2.45, 2.75) is 63.5 Å². The minimum atomic E-state index is -0.171. The molecule has 5 nitrogen and oxygen atoms in total. The van der Waals surface area contributed by atoms with E-state index in [1.54, 1.807) is 0 Å². The van der Waals surface area contributed by atoms with Crippen molar-refractivity contribution >= 4 is 11.8 Å². The van der Waals surface area contributed by atoms with Crippen LogP contribution in [0.15, 0.2) is 30.3 Å². The van der Waals surface area contributed by atoms with Gasteiger partial charge in [0.25, 0.3) is 0 Å². The summed E-state index contributed by atoms with van der Waals surface area (Å²) in [6, 6.07) is 10.2. The molecule has 0 aromatic heterocycles. The molecule has 3 aliphatic rings. The predicted molar refractivity (Wildman–Crippen MR) is 103 cm³/mol. The van der Waals surface area contributed by atoms with Gasteiger partial charge in [-0.3, -0.25) is 9.59 Å². The Hall–Kier alpha value is -2.04. The number of piperidine rings is 1. The molecule has 5 heteroatoms. The summed E-state index contributed by atoms with van der Waals surface area (Å²) in [7, 11) is 0. The number of benzene rings is 1. The minimum Gasteiger partial charge on any atom is -0.489 e. The van der Waals surface area contributed by atoms with Crippen molar-refractivity contribution in [3.63, 3.8) is 0 Å². The third kappa shape index (κ3) is 4.28. The Labute approximate surface area is 161 Å². The summed E-state index contributed by atoms with van der Waals surface area (Å²) in [5.74, 6) is 1.00. The largest absolute Gasteiger partial charge is 0.489 e. The van der Waals surface area contributed by atoms with Gasteiger partial charge in [-0.1, -0.05) is 37.5 Å². The van der Waals surface area contributed by atoms with E-state index in [9.17, 15) is 9.59 Å². The van der Waals surface area contributed by atoms with Gasteiger partial charge in [0.15, 0.2) is 0 Å². The molecule has 2 amide bonds. The standard InChI is InChI=1S/C22H30N2O3/c25-21-14-17(15-24(21)18-8-3-1-4-9-18)22(26)23-13-7-12-20(16-23)27-19-10-5-2-6-11-19/h2,5-6,10-11,17-18,20H,1,3-4,7-9,12-16H2. The fourth-order valence-electron chi connectivity index (χ4n) is 4.83. The summed E-state index contributed by atoms with van der Waals surface area (Å²) in [6.07, 6.45) is 8.24. The number of para-hydroxylation sites is 1. The number of nitrogens with zero attached hydrogens (tertiary/aromatic N) is 2. The van der Waals surface area contributed by atoms with E-state index in [4.69, 9.17) is 4.74 Å². The summed E-state index contributed by atoms with van der Waals surface area (Å²) in [5.41, 5.74) is 0. The first kappa shape index (κ1) is 18.3. The Morgan fingerprint density at radius 2 is 1.74 bits per heavy atom. The van der Waals surface area contributed by atoms with Crippen LogP contribution < -0.4 is 4.74 Å². The molecule has 0 spiro atoms. The number of hydrogen-bond acceptors (Lipinski definition) is 3. The lowest BCUT2D eigenvalue weighted by Crippen LogP contribution is -2.47. The Kier molecular flexibility index (Phi) is 5.65. The van der Waals surface area contributed by atoms with E-state index < -0.39 is 0 Å². The van der Waals surface area contributed by atoms with Crippen LogP contribution in [0.4, 0.5) is 0 Å². The molecule has 2 aliphatic heterocycles. The molecule has 1 aromatic carbocycles. The molecule has 0 radical (unpaired) electrons. The van der Waals surface area contributed by atoms with Gasteiger partial charge in [-0.2, -0.15) is 0 Å². The number of ether oxygens (including phenoxy) is 1. The average Bonchev–Trinajstić information content (AvgIpc) is 3.11. The lowest BCUT2D eigenvalue weighted by molar-refractivity contribution is -0.138. The number of likely N-dealkylation sites (tertiary alicyclic amines) is 2. The van der Waals surface area contributed by atoms with Crippen molar-refractivity contribution in [2.75, 3.05) is 19.6 Å². The third-order valence-electron chi connectivity index (χ3n) is 6.26. The van der Waals surface area contributed by atoms with Gasteiger partial charge in [-0.05, 0) is 37.8 Å². The van der Waals surface area contributed by atoms with Gasteiger partial charge < -0.3 is 14.5 Å². The fraction of sp³-hybridized carbons (Fsp3) is 0.636. The van der Waals surface area contributed by atoms with Crippen LogP contribution >= 0.6 is 0 Å². The molecule has 146 valence electrons. The molecule has 27 heavy (non-hydrogen) atoms. The second kappa shape index (κ2) is 8.32. The van der Waals surface area contributed by atoms with Crippen LogP contribution in [0.5, 0.6) is 5.75 Å². The third-order valence-corrected chi connectivity index (χ3v) is 6.26. The van der Waals surface area contributed by atoms with Gasteiger partial charge >= 0.3 is 0 Å². The normalized spacial score (nSPS) is 27.0. The molecule has 0 bridgehead atoms. The summed E-state index contributed by atoms with van der Waals surface area (Å²) >= 11 is 0. The van der Waals surface area contributed by atoms with Gasteiger partial charge in [0, 0.05) is 25.6 Å². The number of hydrogen-bond donors (Lipinski definition) is 0. The quantitative estimate of drug-likeness (QED) is 0.818. The summed E-state index contributed by atoms with van der Waals surface area (Å²) in [5, 5.41) is 0. The Bertz CT molecular complexity index is 657. The van der Waals surface area contributed by atoms with Crippen molar-refractivity contribution in [3.8, 4) is 5.75 Å². The number of amides is 2. The highest BCUT2D eigenvalue weighted by Crippen LogP contribution is 2.30. The maximum Gasteiger partial charge on any atom is 0.228 e.